The Labute approximate surface area is 44.3 Å². The molecular formula is C5H11N2. The van der Waals surface area contributed by atoms with E-state index in [9.17, 15) is 0 Å². The van der Waals surface area contributed by atoms with Gasteiger partial charge in [-0.05, 0) is 25.9 Å². The zero-order chi connectivity index (χ0) is 5.11. The maximum atomic E-state index is 6.93. The minimum absolute atomic E-state index is 0.500. The second kappa shape index (κ2) is 2.28. The molecule has 0 unspecified atom stereocenters. The molecule has 1 fully saturated rings. The minimum atomic E-state index is 0.500. The van der Waals surface area contributed by atoms with Gasteiger partial charge in [-0.3, -0.25) is 4.90 Å². The zero-order valence-corrected chi connectivity index (χ0v) is 4.48. The molecule has 1 heterocycles. The van der Waals surface area contributed by atoms with Crippen LogP contribution in [0.15, 0.2) is 0 Å². The predicted molar refractivity (Wildman–Crippen MR) is 28.8 cm³/mol. The number of hydrogen-bond donors (Lipinski definition) is 0. The van der Waals surface area contributed by atoms with Gasteiger partial charge in [0.1, 0.15) is 0 Å². The summed E-state index contributed by atoms with van der Waals surface area (Å²) in [6.07, 6.45) is 2.61. The van der Waals surface area contributed by atoms with E-state index in [-0.39, 0.29) is 0 Å². The Balaban J connectivity index is 2.14. The summed E-state index contributed by atoms with van der Waals surface area (Å²) in [5.41, 5.74) is 6.93. The smallest absolute Gasteiger partial charge is 0.0615 e. The van der Waals surface area contributed by atoms with Gasteiger partial charge < -0.3 is 0 Å². The summed E-state index contributed by atoms with van der Waals surface area (Å²) in [7, 11) is 0. The van der Waals surface area contributed by atoms with Crippen molar-refractivity contribution in [3.05, 3.63) is 0 Å². The lowest BCUT2D eigenvalue weighted by atomic mass is 10.4. The predicted octanol–water partition coefficient (Wildman–Crippen LogP) is 0.323. The first-order valence-electron chi connectivity index (χ1n) is 2.80. The van der Waals surface area contributed by atoms with Crippen molar-refractivity contribution in [3.63, 3.8) is 0 Å². The van der Waals surface area contributed by atoms with Crippen LogP contribution in [-0.4, -0.2) is 24.7 Å². The summed E-state index contributed by atoms with van der Waals surface area (Å²) in [6.45, 7) is 2.81. The van der Waals surface area contributed by atoms with Gasteiger partial charge in [0.2, 0.25) is 0 Å². The summed E-state index contributed by atoms with van der Waals surface area (Å²) in [5.74, 6) is 0. The van der Waals surface area contributed by atoms with Gasteiger partial charge in [0, 0.05) is 0 Å². The van der Waals surface area contributed by atoms with Crippen LogP contribution in [0.5, 0.6) is 0 Å². The molecule has 1 saturated heterocycles. The van der Waals surface area contributed by atoms with E-state index in [2.05, 4.69) is 4.90 Å². The van der Waals surface area contributed by atoms with Gasteiger partial charge in [0.25, 0.3) is 0 Å². The Morgan fingerprint density at radius 1 is 1.29 bits per heavy atom. The van der Waals surface area contributed by atoms with Crippen molar-refractivity contribution in [2.24, 2.45) is 0 Å². The first-order valence-corrected chi connectivity index (χ1v) is 2.80. The van der Waals surface area contributed by atoms with E-state index in [1.807, 2.05) is 0 Å². The van der Waals surface area contributed by atoms with E-state index in [0.717, 1.165) is 13.1 Å². The van der Waals surface area contributed by atoms with Crippen molar-refractivity contribution in [3.8, 4) is 0 Å². The monoisotopic (exact) mass is 99.1 g/mol. The molecule has 0 aliphatic carbocycles. The maximum Gasteiger partial charge on any atom is 0.0615 e. The fourth-order valence-electron chi connectivity index (χ4n) is 0.941. The van der Waals surface area contributed by atoms with Gasteiger partial charge in [0.15, 0.2) is 0 Å². The molecule has 7 heavy (non-hydrogen) atoms. The van der Waals surface area contributed by atoms with E-state index in [1.54, 1.807) is 0 Å². The number of nitrogens with zero attached hydrogens (tertiary/aromatic N) is 1. The molecular weight excluding hydrogens is 88.1 g/mol. The maximum absolute atomic E-state index is 6.93. The first-order chi connectivity index (χ1) is 3.43. The van der Waals surface area contributed by atoms with Crippen LogP contribution >= 0.6 is 0 Å². The van der Waals surface area contributed by atoms with E-state index >= 15 is 0 Å². The van der Waals surface area contributed by atoms with Crippen molar-refractivity contribution < 1.29 is 0 Å². The minimum Gasteiger partial charge on any atom is -0.290 e. The summed E-state index contributed by atoms with van der Waals surface area (Å²) in [5, 5.41) is 0. The Hall–Kier alpha value is -0.0800. The highest BCUT2D eigenvalue weighted by atomic mass is 15.2. The summed E-state index contributed by atoms with van der Waals surface area (Å²) >= 11 is 0. The van der Waals surface area contributed by atoms with Crippen LogP contribution in [0.2, 0.25) is 0 Å². The SMILES string of the molecule is [NH]CN1CCCC1. The van der Waals surface area contributed by atoms with E-state index in [0.29, 0.717) is 6.67 Å². The molecule has 41 valence electrons. The number of nitrogens with one attached hydrogen (secondary N) is 1. The molecule has 1 aliphatic rings. The second-order valence-electron chi connectivity index (χ2n) is 1.98. The molecule has 0 aromatic heterocycles. The lowest BCUT2D eigenvalue weighted by Gasteiger charge is -2.07. The summed E-state index contributed by atoms with van der Waals surface area (Å²) < 4.78 is 0. The van der Waals surface area contributed by atoms with Crippen LogP contribution in [0.4, 0.5) is 0 Å². The van der Waals surface area contributed by atoms with Crippen LogP contribution in [-0.2, 0) is 0 Å². The van der Waals surface area contributed by atoms with Crippen LogP contribution in [0.1, 0.15) is 12.8 Å². The van der Waals surface area contributed by atoms with Crippen LogP contribution in [0.25, 0.3) is 0 Å². The summed E-state index contributed by atoms with van der Waals surface area (Å²) in [6, 6.07) is 0. The lowest BCUT2D eigenvalue weighted by molar-refractivity contribution is 0.344. The van der Waals surface area contributed by atoms with Crippen molar-refractivity contribution in [1.82, 2.24) is 10.6 Å². The largest absolute Gasteiger partial charge is 0.290 e. The molecule has 1 rings (SSSR count). The average molecular weight is 99.2 g/mol. The molecule has 1 aliphatic heterocycles. The second-order valence-corrected chi connectivity index (χ2v) is 1.98. The van der Waals surface area contributed by atoms with Gasteiger partial charge >= 0.3 is 0 Å². The Morgan fingerprint density at radius 2 is 1.86 bits per heavy atom. The van der Waals surface area contributed by atoms with Crippen LogP contribution in [0, 0.1) is 0 Å². The van der Waals surface area contributed by atoms with Crippen molar-refractivity contribution in [2.75, 3.05) is 19.8 Å². The third kappa shape index (κ3) is 1.14. The Bertz CT molecular complexity index is 48.0. The fourth-order valence-corrected chi connectivity index (χ4v) is 0.941. The van der Waals surface area contributed by atoms with E-state index < -0.39 is 0 Å². The Kier molecular flexibility index (Phi) is 1.65. The first kappa shape index (κ1) is 5.06. The van der Waals surface area contributed by atoms with Crippen molar-refractivity contribution >= 4 is 0 Å². The summed E-state index contributed by atoms with van der Waals surface area (Å²) in [4.78, 5) is 2.15. The highest BCUT2D eigenvalue weighted by molar-refractivity contribution is 4.62. The standard InChI is InChI=1S/C5H11N2/c6-5-7-3-1-2-4-7/h6H,1-5H2. The van der Waals surface area contributed by atoms with E-state index in [1.165, 1.54) is 12.8 Å². The molecule has 0 saturated carbocycles. The quantitative estimate of drug-likeness (QED) is 0.465. The van der Waals surface area contributed by atoms with Crippen LogP contribution < -0.4 is 5.73 Å². The topological polar surface area (TPSA) is 27.0 Å². The molecule has 0 spiro atoms. The molecule has 2 nitrogen and oxygen atoms in total. The van der Waals surface area contributed by atoms with Crippen LogP contribution in [0.3, 0.4) is 0 Å². The van der Waals surface area contributed by atoms with Gasteiger partial charge in [-0.2, -0.15) is 0 Å². The number of hydrogen-bond acceptors (Lipinski definition) is 1. The number of likely N-dealkylation sites (tertiary alicyclic amines) is 1. The third-order valence-corrected chi connectivity index (χ3v) is 1.42. The number of rotatable bonds is 1. The highest BCUT2D eigenvalue weighted by Crippen LogP contribution is 2.03. The molecule has 0 aromatic carbocycles. The molecule has 0 aromatic rings. The molecule has 1 radical (unpaired) electrons. The Morgan fingerprint density at radius 3 is 2.14 bits per heavy atom. The molecule has 2 heteroatoms. The van der Waals surface area contributed by atoms with Gasteiger partial charge in [-0.25, -0.2) is 5.73 Å². The molecule has 1 N–H and O–H groups in total. The fraction of sp³-hybridized carbons (Fsp3) is 1.00. The van der Waals surface area contributed by atoms with Gasteiger partial charge in [-0.1, -0.05) is 0 Å². The molecule has 0 atom stereocenters. The molecule has 0 bridgehead atoms. The van der Waals surface area contributed by atoms with Crippen molar-refractivity contribution in [1.29, 1.82) is 0 Å². The molecule has 0 amide bonds. The lowest BCUT2D eigenvalue weighted by Crippen LogP contribution is -2.20. The van der Waals surface area contributed by atoms with E-state index in [4.69, 9.17) is 5.73 Å². The third-order valence-electron chi connectivity index (χ3n) is 1.42. The normalized spacial score (nSPS) is 23.6. The van der Waals surface area contributed by atoms with Gasteiger partial charge in [0.05, 0.1) is 6.67 Å². The average Bonchev–Trinajstić information content (AvgIpc) is 2.14. The van der Waals surface area contributed by atoms with Gasteiger partial charge in [-0.15, -0.1) is 0 Å². The van der Waals surface area contributed by atoms with Crippen molar-refractivity contribution in [2.45, 2.75) is 12.8 Å². The zero-order valence-electron chi connectivity index (χ0n) is 4.48. The highest BCUT2D eigenvalue weighted by Gasteiger charge is 2.07.